The Kier molecular flexibility index (Phi) is 5.46. The second-order valence-electron chi connectivity index (χ2n) is 5.72. The Labute approximate surface area is 162 Å². The number of hydrogen-bond acceptors (Lipinski definition) is 6. The van der Waals surface area contributed by atoms with Crippen molar-refractivity contribution in [2.75, 3.05) is 12.4 Å². The summed E-state index contributed by atoms with van der Waals surface area (Å²) in [5, 5.41) is 3.18. The number of anilines is 2. The topological polar surface area (TPSA) is 84.9 Å². The van der Waals surface area contributed by atoms with Crippen molar-refractivity contribution in [3.05, 3.63) is 52.6 Å². The highest BCUT2D eigenvalue weighted by Gasteiger charge is 2.34. The standard InChI is InChI=1S/C18H13ClF2N2O5/c1-27-13-8-9(2-4-11(13)19)22-17-10(3-5-12(20)16(17)21)18(26)28-23-14(24)6-7-15(23)25/h2-5,8,22H,6-7H2,1H3. The number of carbonyl (C=O) groups is 3. The molecule has 0 unspecified atom stereocenters. The summed E-state index contributed by atoms with van der Waals surface area (Å²) in [5.74, 6) is -4.89. The van der Waals surface area contributed by atoms with Gasteiger partial charge in [-0.15, -0.1) is 5.06 Å². The first-order chi connectivity index (χ1) is 13.3. The smallest absolute Gasteiger partial charge is 0.366 e. The summed E-state index contributed by atoms with van der Waals surface area (Å²) >= 11 is 5.93. The van der Waals surface area contributed by atoms with E-state index < -0.39 is 40.7 Å². The Balaban J connectivity index is 1.94. The first-order valence-corrected chi connectivity index (χ1v) is 8.36. The molecule has 2 amide bonds. The molecule has 1 aliphatic heterocycles. The predicted octanol–water partition coefficient (Wildman–Crippen LogP) is 3.59. The van der Waals surface area contributed by atoms with Crippen LogP contribution in [0.25, 0.3) is 0 Å². The van der Waals surface area contributed by atoms with Crippen molar-refractivity contribution in [2.45, 2.75) is 12.8 Å². The maximum absolute atomic E-state index is 14.4. The summed E-state index contributed by atoms with van der Waals surface area (Å²) in [5.41, 5.74) is -0.707. The fraction of sp³-hybridized carbons (Fsp3) is 0.167. The zero-order chi connectivity index (χ0) is 20.4. The van der Waals surface area contributed by atoms with E-state index in [1.165, 1.54) is 25.3 Å². The molecule has 0 aliphatic carbocycles. The van der Waals surface area contributed by atoms with Gasteiger partial charge in [0.1, 0.15) is 5.75 Å². The molecule has 10 heteroatoms. The number of hydroxylamine groups is 2. The maximum Gasteiger partial charge on any atom is 0.366 e. The Bertz CT molecular complexity index is 967. The van der Waals surface area contributed by atoms with Crippen molar-refractivity contribution in [3.8, 4) is 5.75 Å². The molecule has 1 fully saturated rings. The molecule has 28 heavy (non-hydrogen) atoms. The van der Waals surface area contributed by atoms with Crippen LogP contribution in [-0.4, -0.2) is 30.0 Å². The van der Waals surface area contributed by atoms with Crippen LogP contribution in [0.3, 0.4) is 0 Å². The van der Waals surface area contributed by atoms with Gasteiger partial charge >= 0.3 is 5.97 Å². The first kappa shape index (κ1) is 19.6. The van der Waals surface area contributed by atoms with Crippen molar-refractivity contribution in [2.24, 2.45) is 0 Å². The number of nitrogens with one attached hydrogen (secondary N) is 1. The third-order valence-corrected chi connectivity index (χ3v) is 4.23. The van der Waals surface area contributed by atoms with Crippen molar-refractivity contribution >= 4 is 40.8 Å². The second-order valence-corrected chi connectivity index (χ2v) is 6.13. The van der Waals surface area contributed by atoms with E-state index in [-0.39, 0.29) is 24.3 Å². The second kappa shape index (κ2) is 7.81. The lowest BCUT2D eigenvalue weighted by atomic mass is 10.1. The first-order valence-electron chi connectivity index (χ1n) is 7.98. The molecule has 2 aromatic rings. The van der Waals surface area contributed by atoms with E-state index in [4.69, 9.17) is 21.2 Å². The molecule has 0 saturated carbocycles. The Morgan fingerprint density at radius 2 is 1.82 bits per heavy atom. The van der Waals surface area contributed by atoms with E-state index in [1.54, 1.807) is 0 Å². The highest BCUT2D eigenvalue weighted by Crippen LogP contribution is 2.32. The van der Waals surface area contributed by atoms with Crippen molar-refractivity contribution < 1.29 is 32.7 Å². The number of imide groups is 1. The normalized spacial score (nSPS) is 13.6. The van der Waals surface area contributed by atoms with Gasteiger partial charge in [0.15, 0.2) is 11.6 Å². The highest BCUT2D eigenvalue weighted by atomic mass is 35.5. The minimum absolute atomic E-state index is 0.0977. The summed E-state index contributed by atoms with van der Waals surface area (Å²) in [7, 11) is 1.38. The summed E-state index contributed by atoms with van der Waals surface area (Å²) in [6.45, 7) is 0. The molecule has 2 aromatic carbocycles. The molecule has 7 nitrogen and oxygen atoms in total. The SMILES string of the molecule is COc1cc(Nc2c(C(=O)ON3C(=O)CCC3=O)ccc(F)c2F)ccc1Cl. The van der Waals surface area contributed by atoms with Gasteiger partial charge in [0, 0.05) is 24.6 Å². The van der Waals surface area contributed by atoms with Gasteiger partial charge in [0.05, 0.1) is 23.4 Å². The average Bonchev–Trinajstić information content (AvgIpc) is 2.98. The van der Waals surface area contributed by atoms with E-state index >= 15 is 0 Å². The lowest BCUT2D eigenvalue weighted by molar-refractivity contribution is -0.172. The number of nitrogens with zero attached hydrogens (tertiary/aromatic N) is 1. The third-order valence-electron chi connectivity index (χ3n) is 3.92. The number of ether oxygens (including phenoxy) is 1. The van der Waals surface area contributed by atoms with Gasteiger partial charge in [-0.2, -0.15) is 0 Å². The molecule has 0 atom stereocenters. The average molecular weight is 411 g/mol. The lowest BCUT2D eigenvalue weighted by Gasteiger charge is -2.16. The highest BCUT2D eigenvalue weighted by molar-refractivity contribution is 6.32. The zero-order valence-electron chi connectivity index (χ0n) is 14.4. The molecular formula is C18H13ClF2N2O5. The number of halogens is 3. The van der Waals surface area contributed by atoms with Crippen molar-refractivity contribution in [3.63, 3.8) is 0 Å². The lowest BCUT2D eigenvalue weighted by Crippen LogP contribution is -2.32. The Morgan fingerprint density at radius 3 is 2.46 bits per heavy atom. The number of amides is 2. The molecule has 0 spiro atoms. The van der Waals surface area contributed by atoms with Gasteiger partial charge in [-0.1, -0.05) is 11.6 Å². The number of benzene rings is 2. The van der Waals surface area contributed by atoms with Crippen LogP contribution >= 0.6 is 11.6 Å². The Morgan fingerprint density at radius 1 is 1.14 bits per heavy atom. The Hall–Kier alpha value is -3.20. The summed E-state index contributed by atoms with van der Waals surface area (Å²) < 4.78 is 33.2. The van der Waals surface area contributed by atoms with Crippen LogP contribution in [-0.2, 0) is 14.4 Å². The predicted molar refractivity (Wildman–Crippen MR) is 94.1 cm³/mol. The number of hydrogen-bond donors (Lipinski definition) is 1. The zero-order valence-corrected chi connectivity index (χ0v) is 15.2. The molecule has 1 N–H and O–H groups in total. The van der Waals surface area contributed by atoms with E-state index in [0.717, 1.165) is 12.1 Å². The van der Waals surface area contributed by atoms with Crippen LogP contribution in [0.1, 0.15) is 23.2 Å². The third kappa shape index (κ3) is 3.74. The van der Waals surface area contributed by atoms with E-state index in [9.17, 15) is 23.2 Å². The summed E-state index contributed by atoms with van der Waals surface area (Å²) in [4.78, 5) is 40.4. The maximum atomic E-state index is 14.4. The summed E-state index contributed by atoms with van der Waals surface area (Å²) in [6, 6.07) is 6.03. The molecule has 1 aliphatic rings. The van der Waals surface area contributed by atoms with Gasteiger partial charge in [0.2, 0.25) is 0 Å². The molecule has 0 aromatic heterocycles. The van der Waals surface area contributed by atoms with Crippen LogP contribution in [0.5, 0.6) is 5.75 Å². The summed E-state index contributed by atoms with van der Waals surface area (Å²) in [6.07, 6.45) is -0.195. The van der Waals surface area contributed by atoms with E-state index in [0.29, 0.717) is 10.1 Å². The molecule has 0 radical (unpaired) electrons. The fourth-order valence-corrected chi connectivity index (χ4v) is 2.71. The quantitative estimate of drug-likeness (QED) is 0.758. The number of methoxy groups -OCH3 is 1. The monoisotopic (exact) mass is 410 g/mol. The van der Waals surface area contributed by atoms with Crippen LogP contribution in [0.15, 0.2) is 30.3 Å². The van der Waals surface area contributed by atoms with Crippen molar-refractivity contribution in [1.82, 2.24) is 5.06 Å². The number of rotatable bonds is 5. The molecular weight excluding hydrogens is 398 g/mol. The van der Waals surface area contributed by atoms with Crippen LogP contribution in [0, 0.1) is 11.6 Å². The van der Waals surface area contributed by atoms with Gasteiger partial charge < -0.3 is 14.9 Å². The van der Waals surface area contributed by atoms with Crippen LogP contribution in [0.2, 0.25) is 5.02 Å². The van der Waals surface area contributed by atoms with Gasteiger partial charge in [-0.25, -0.2) is 13.6 Å². The van der Waals surface area contributed by atoms with Crippen LogP contribution < -0.4 is 10.1 Å². The van der Waals surface area contributed by atoms with Gasteiger partial charge in [-0.05, 0) is 24.3 Å². The minimum atomic E-state index is -1.34. The molecule has 0 bridgehead atoms. The minimum Gasteiger partial charge on any atom is -0.495 e. The van der Waals surface area contributed by atoms with Gasteiger partial charge in [0.25, 0.3) is 11.8 Å². The van der Waals surface area contributed by atoms with Crippen molar-refractivity contribution in [1.29, 1.82) is 0 Å². The van der Waals surface area contributed by atoms with Gasteiger partial charge in [-0.3, -0.25) is 9.59 Å². The molecule has 3 rings (SSSR count). The molecule has 1 saturated heterocycles. The molecule has 146 valence electrons. The largest absolute Gasteiger partial charge is 0.495 e. The number of carbonyl (C=O) groups excluding carboxylic acids is 3. The van der Waals surface area contributed by atoms with E-state index in [2.05, 4.69) is 5.32 Å². The van der Waals surface area contributed by atoms with Crippen LogP contribution in [0.4, 0.5) is 20.2 Å². The van der Waals surface area contributed by atoms with E-state index in [1.807, 2.05) is 0 Å². The fourth-order valence-electron chi connectivity index (χ4n) is 2.51. The molecule has 1 heterocycles.